The molecule has 2 aromatic rings. The number of aliphatic hydroxyl groups excluding tert-OH is 1. The number of hydrazine groups is 1. The topological polar surface area (TPSA) is 51.6 Å². The van der Waals surface area contributed by atoms with Gasteiger partial charge in [0.15, 0.2) is 5.82 Å². The third-order valence-electron chi connectivity index (χ3n) is 3.92. The van der Waals surface area contributed by atoms with Crippen LogP contribution >= 0.6 is 0 Å². The number of pyridine rings is 1. The highest BCUT2D eigenvalue weighted by atomic mass is 16.3. The molecule has 0 radical (unpaired) electrons. The number of anilines is 1. The van der Waals surface area contributed by atoms with Crippen molar-refractivity contribution in [3.05, 3.63) is 70.2 Å². The monoisotopic (exact) mass is 292 g/mol. The van der Waals surface area contributed by atoms with Gasteiger partial charge in [-0.05, 0) is 18.6 Å². The summed E-state index contributed by atoms with van der Waals surface area (Å²) in [5.74, 6) is 0.808. The van der Waals surface area contributed by atoms with Crippen LogP contribution in [0.15, 0.2) is 54.2 Å². The molecule has 0 spiro atoms. The van der Waals surface area contributed by atoms with Gasteiger partial charge in [0.2, 0.25) is 5.88 Å². The normalized spacial score (nSPS) is 16.2. The van der Waals surface area contributed by atoms with E-state index in [9.17, 15) is 5.11 Å². The van der Waals surface area contributed by atoms with Gasteiger partial charge in [-0.3, -0.25) is 5.43 Å². The lowest BCUT2D eigenvalue weighted by Gasteiger charge is -2.19. The van der Waals surface area contributed by atoms with E-state index in [-0.39, 0.29) is 5.88 Å². The summed E-state index contributed by atoms with van der Waals surface area (Å²) in [7, 11) is 1.93. The predicted octanol–water partition coefficient (Wildman–Crippen LogP) is 0.934. The second-order valence-electron chi connectivity index (χ2n) is 5.52. The lowest BCUT2D eigenvalue weighted by molar-refractivity contribution is 0.375. The van der Waals surface area contributed by atoms with E-state index in [4.69, 9.17) is 0 Å². The number of likely N-dealkylation sites (N-methyl/N-ethyl adjacent to an activating group) is 1. The van der Waals surface area contributed by atoms with Crippen LogP contribution < -0.4 is 20.9 Å². The Morgan fingerprint density at radius 2 is 1.95 bits per heavy atom. The molecule has 0 atom stereocenters. The third-order valence-corrected chi connectivity index (χ3v) is 3.92. The van der Waals surface area contributed by atoms with E-state index in [1.165, 1.54) is 0 Å². The van der Waals surface area contributed by atoms with Gasteiger partial charge in [-0.25, -0.2) is 9.99 Å². The fourth-order valence-corrected chi connectivity index (χ4v) is 2.83. The highest BCUT2D eigenvalue weighted by Crippen LogP contribution is 2.29. The molecular weight excluding hydrogens is 276 g/mol. The van der Waals surface area contributed by atoms with Crippen LogP contribution in [0.3, 0.4) is 0 Å². The zero-order valence-electron chi connectivity index (χ0n) is 12.4. The largest absolute Gasteiger partial charge is 0.492 e. The first-order valence-corrected chi connectivity index (χ1v) is 7.12. The van der Waals surface area contributed by atoms with Crippen LogP contribution in [0.4, 0.5) is 5.82 Å². The first-order valence-electron chi connectivity index (χ1n) is 7.12. The quantitative estimate of drug-likeness (QED) is 0.819. The lowest BCUT2D eigenvalue weighted by Crippen LogP contribution is -2.40. The molecule has 0 fully saturated rings. The number of nitrogens with zero attached hydrogens (tertiary/aromatic N) is 3. The number of aryl methyl sites for hydroxylation is 1. The van der Waals surface area contributed by atoms with E-state index in [1.807, 2.05) is 55.4 Å². The Morgan fingerprint density at radius 3 is 2.73 bits per heavy atom. The average molecular weight is 292 g/mol. The average Bonchev–Trinajstić information content (AvgIpc) is 2.87. The van der Waals surface area contributed by atoms with Crippen LogP contribution in [0.2, 0.25) is 0 Å². The first kappa shape index (κ1) is 12.8. The molecule has 22 heavy (non-hydrogen) atoms. The highest BCUT2D eigenvalue weighted by Gasteiger charge is 2.32. The summed E-state index contributed by atoms with van der Waals surface area (Å²) in [6.45, 7) is 1.99. The number of rotatable bonds is 1. The number of hydrogen-bond donors (Lipinski definition) is 2. The maximum atomic E-state index is 10.6. The zero-order chi connectivity index (χ0) is 15.3. The SMILES string of the molecule is Cc1ccc(N2NC3=c4ccccc4=CN(C)C3=C2O)nc1. The van der Waals surface area contributed by atoms with Gasteiger partial charge in [-0.1, -0.05) is 30.3 Å². The minimum atomic E-state index is 0.152. The molecule has 1 aromatic heterocycles. The number of nitrogens with one attached hydrogen (secondary N) is 1. The first-order chi connectivity index (χ1) is 10.6. The van der Waals surface area contributed by atoms with Crippen LogP contribution in [0.1, 0.15) is 5.56 Å². The van der Waals surface area contributed by atoms with Crippen molar-refractivity contribution in [3.63, 3.8) is 0 Å². The third kappa shape index (κ3) is 1.75. The molecular formula is C17H16N4O. The fraction of sp³-hybridized carbons (Fsp3) is 0.118. The summed E-state index contributed by atoms with van der Waals surface area (Å²) in [5, 5.41) is 14.4. The molecule has 0 amide bonds. The fourth-order valence-electron chi connectivity index (χ4n) is 2.83. The van der Waals surface area contributed by atoms with E-state index in [2.05, 4.69) is 16.5 Å². The second-order valence-corrected chi connectivity index (χ2v) is 5.52. The minimum Gasteiger partial charge on any atom is -0.492 e. The van der Waals surface area contributed by atoms with Crippen LogP contribution in [0, 0.1) is 6.92 Å². The lowest BCUT2D eigenvalue weighted by atomic mass is 10.1. The number of aromatic nitrogens is 1. The smallest absolute Gasteiger partial charge is 0.239 e. The van der Waals surface area contributed by atoms with Gasteiger partial charge in [0.05, 0.1) is 5.70 Å². The summed E-state index contributed by atoms with van der Waals surface area (Å²) in [6, 6.07) is 12.0. The van der Waals surface area contributed by atoms with Crippen molar-refractivity contribution in [2.75, 3.05) is 12.1 Å². The molecule has 0 unspecified atom stereocenters. The Kier molecular flexibility index (Phi) is 2.63. The van der Waals surface area contributed by atoms with Crippen LogP contribution in [0.25, 0.3) is 11.9 Å². The molecule has 1 aromatic carbocycles. The number of aliphatic hydroxyl groups is 1. The van der Waals surface area contributed by atoms with Gasteiger partial charge in [0.1, 0.15) is 5.70 Å². The number of hydrogen-bond acceptors (Lipinski definition) is 5. The van der Waals surface area contributed by atoms with Crippen molar-refractivity contribution < 1.29 is 5.11 Å². The van der Waals surface area contributed by atoms with Gasteiger partial charge < -0.3 is 10.0 Å². The van der Waals surface area contributed by atoms with E-state index >= 15 is 0 Å². The van der Waals surface area contributed by atoms with E-state index < -0.39 is 0 Å². The Bertz CT molecular complexity index is 899. The van der Waals surface area contributed by atoms with Crippen molar-refractivity contribution in [2.45, 2.75) is 6.92 Å². The molecule has 110 valence electrons. The standard InChI is InChI=1S/C17H16N4O/c1-11-7-8-14(18-9-11)21-17(22)16-15(19-21)13-6-4-3-5-12(13)10-20(16)2/h3-10,19,22H,1-2H3. The Hall–Kier alpha value is -2.95. The van der Waals surface area contributed by atoms with Crippen LogP contribution in [0.5, 0.6) is 0 Å². The van der Waals surface area contributed by atoms with Gasteiger partial charge in [-0.15, -0.1) is 0 Å². The van der Waals surface area contributed by atoms with E-state index in [1.54, 1.807) is 11.2 Å². The molecule has 2 aliphatic rings. The summed E-state index contributed by atoms with van der Waals surface area (Å²) < 4.78 is 0. The van der Waals surface area contributed by atoms with E-state index in [0.717, 1.165) is 27.4 Å². The Balaban J connectivity index is 1.90. The summed E-state index contributed by atoms with van der Waals surface area (Å²) in [4.78, 5) is 6.30. The molecule has 0 saturated carbocycles. The maximum Gasteiger partial charge on any atom is 0.239 e. The van der Waals surface area contributed by atoms with Gasteiger partial charge in [0.25, 0.3) is 0 Å². The molecule has 3 heterocycles. The zero-order valence-corrected chi connectivity index (χ0v) is 12.4. The van der Waals surface area contributed by atoms with Gasteiger partial charge in [0, 0.05) is 29.9 Å². The molecule has 0 bridgehead atoms. The molecule has 0 aliphatic carbocycles. The van der Waals surface area contributed by atoms with E-state index in [0.29, 0.717) is 5.82 Å². The number of benzene rings is 1. The minimum absolute atomic E-state index is 0.152. The molecule has 0 saturated heterocycles. The Morgan fingerprint density at radius 1 is 1.14 bits per heavy atom. The van der Waals surface area contributed by atoms with Gasteiger partial charge >= 0.3 is 0 Å². The summed E-state index contributed by atoms with van der Waals surface area (Å²) in [6.07, 6.45) is 3.80. The summed E-state index contributed by atoms with van der Waals surface area (Å²) in [5.41, 5.74) is 5.99. The molecule has 5 nitrogen and oxygen atoms in total. The predicted molar refractivity (Wildman–Crippen MR) is 85.6 cm³/mol. The highest BCUT2D eigenvalue weighted by molar-refractivity contribution is 5.74. The number of fused-ring (bicyclic) bond motifs is 2. The van der Waals surface area contributed by atoms with Crippen LogP contribution in [-0.4, -0.2) is 22.0 Å². The van der Waals surface area contributed by atoms with Crippen molar-refractivity contribution >= 4 is 17.7 Å². The van der Waals surface area contributed by atoms with Crippen molar-refractivity contribution in [1.82, 2.24) is 15.3 Å². The maximum absolute atomic E-state index is 10.6. The second kappa shape index (κ2) is 4.53. The molecule has 4 rings (SSSR count). The summed E-state index contributed by atoms with van der Waals surface area (Å²) >= 11 is 0. The van der Waals surface area contributed by atoms with Crippen molar-refractivity contribution in [3.8, 4) is 0 Å². The van der Waals surface area contributed by atoms with Crippen molar-refractivity contribution in [2.24, 2.45) is 0 Å². The molecule has 2 aliphatic heterocycles. The van der Waals surface area contributed by atoms with Crippen molar-refractivity contribution in [1.29, 1.82) is 0 Å². The van der Waals surface area contributed by atoms with Crippen LogP contribution in [-0.2, 0) is 0 Å². The Labute approximate surface area is 128 Å². The van der Waals surface area contributed by atoms with Gasteiger partial charge in [-0.2, -0.15) is 0 Å². The molecule has 2 N–H and O–H groups in total. The molecule has 5 heteroatoms.